The van der Waals surface area contributed by atoms with Crippen molar-refractivity contribution in [2.24, 2.45) is 0 Å². The Balaban J connectivity index is 0. The summed E-state index contributed by atoms with van der Waals surface area (Å²) in [6.45, 7) is 5.45. The van der Waals surface area contributed by atoms with E-state index in [1.807, 2.05) is 18.2 Å². The van der Waals surface area contributed by atoms with Crippen LogP contribution in [0.5, 0.6) is 0 Å². The summed E-state index contributed by atoms with van der Waals surface area (Å²) in [5.41, 5.74) is 1.20. The van der Waals surface area contributed by atoms with Crippen molar-refractivity contribution in [2.75, 3.05) is 20.2 Å². The predicted molar refractivity (Wildman–Crippen MR) is 73.9 cm³/mol. The second kappa shape index (κ2) is 14.8. The van der Waals surface area contributed by atoms with Gasteiger partial charge in [0.25, 0.3) is 0 Å². The van der Waals surface area contributed by atoms with Crippen LogP contribution in [0.1, 0.15) is 19.4 Å². The standard InChI is InChI=1S/C13H21NO2.CH4O.O.V/c1-11(15)8-14(9-12(2)16)10-13-6-4-3-5-7-13;1-2;;/h3-7,11-12,15-16H,8-10H2,1-2H3;2H,1H3;;. The number of benzene rings is 1. The quantitative estimate of drug-likeness (QED) is 0.720. The Morgan fingerprint density at radius 2 is 1.40 bits per heavy atom. The first-order chi connectivity index (χ1) is 9.58. The molecular weight excluding hydrogens is 297 g/mol. The summed E-state index contributed by atoms with van der Waals surface area (Å²) in [6.07, 6.45) is -0.745. The van der Waals surface area contributed by atoms with Crippen molar-refractivity contribution in [2.45, 2.75) is 32.6 Å². The van der Waals surface area contributed by atoms with Gasteiger partial charge in [0, 0.05) is 26.7 Å². The first-order valence-corrected chi connectivity index (χ1v) is 6.90. The molecule has 5 nitrogen and oxygen atoms in total. The van der Waals surface area contributed by atoms with Crippen LogP contribution in [0.15, 0.2) is 30.3 Å². The van der Waals surface area contributed by atoms with Gasteiger partial charge in [0.05, 0.1) is 12.2 Å². The predicted octanol–water partition coefficient (Wildman–Crippen LogP) is 0.737. The van der Waals surface area contributed by atoms with Crippen LogP contribution in [0.2, 0.25) is 0 Å². The third-order valence-corrected chi connectivity index (χ3v) is 2.29. The molecule has 20 heavy (non-hydrogen) atoms. The summed E-state index contributed by atoms with van der Waals surface area (Å²) in [6, 6.07) is 10.1. The third-order valence-electron chi connectivity index (χ3n) is 2.29. The van der Waals surface area contributed by atoms with Gasteiger partial charge in [-0.25, -0.2) is 0 Å². The van der Waals surface area contributed by atoms with E-state index in [0.29, 0.717) is 13.1 Å². The Hall–Kier alpha value is -0.556. The molecule has 2 unspecified atom stereocenters. The molecule has 0 aliphatic heterocycles. The van der Waals surface area contributed by atoms with Gasteiger partial charge in [0.2, 0.25) is 0 Å². The number of rotatable bonds is 6. The molecule has 0 bridgehead atoms. The zero-order chi connectivity index (χ0) is 16.0. The minimum atomic E-state index is -0.373. The van der Waals surface area contributed by atoms with Gasteiger partial charge in [-0.1, -0.05) is 30.3 Å². The molecule has 1 rings (SSSR count). The summed E-state index contributed by atoms with van der Waals surface area (Å²) in [5, 5.41) is 25.8. The second-order valence-corrected chi connectivity index (χ2v) is 4.38. The van der Waals surface area contributed by atoms with Crippen LogP contribution in [-0.2, 0) is 27.6 Å². The van der Waals surface area contributed by atoms with Crippen LogP contribution in [0.25, 0.3) is 0 Å². The topological polar surface area (TPSA) is 81.0 Å². The van der Waals surface area contributed by atoms with E-state index in [2.05, 4.69) is 17.0 Å². The maximum absolute atomic E-state index is 9.39. The van der Waals surface area contributed by atoms with Crippen molar-refractivity contribution in [3.05, 3.63) is 35.9 Å². The molecule has 0 saturated heterocycles. The summed E-state index contributed by atoms with van der Waals surface area (Å²) in [7, 11) is 1.00. The van der Waals surface area contributed by atoms with Crippen molar-refractivity contribution in [3.63, 3.8) is 0 Å². The number of aliphatic hydroxyl groups is 3. The molecule has 1 aromatic rings. The minimum absolute atomic E-state index is 0.373. The van der Waals surface area contributed by atoms with Crippen molar-refractivity contribution in [1.29, 1.82) is 0 Å². The van der Waals surface area contributed by atoms with Gasteiger partial charge in [0.15, 0.2) is 0 Å². The molecule has 0 radical (unpaired) electrons. The third kappa shape index (κ3) is 12.5. The van der Waals surface area contributed by atoms with Gasteiger partial charge in [-0.15, -0.1) is 0 Å². The first-order valence-electron chi connectivity index (χ1n) is 6.33. The number of nitrogens with zero attached hydrogens (tertiary/aromatic N) is 1. The van der Waals surface area contributed by atoms with Gasteiger partial charge in [-0.05, 0) is 19.4 Å². The Labute approximate surface area is 130 Å². The second-order valence-electron chi connectivity index (χ2n) is 4.38. The van der Waals surface area contributed by atoms with Gasteiger partial charge in [-0.2, -0.15) is 0 Å². The summed E-state index contributed by atoms with van der Waals surface area (Å²) in [5.74, 6) is 0. The van der Waals surface area contributed by atoms with E-state index in [0.717, 1.165) is 31.0 Å². The van der Waals surface area contributed by atoms with Crippen molar-refractivity contribution < 1.29 is 36.4 Å². The number of hydrogen-bond donors (Lipinski definition) is 3. The number of hydrogen-bond acceptors (Lipinski definition) is 5. The van der Waals surface area contributed by atoms with E-state index in [1.165, 1.54) is 5.56 Å². The van der Waals surface area contributed by atoms with Gasteiger partial charge >= 0.3 is 21.0 Å². The molecule has 0 aliphatic rings. The van der Waals surface area contributed by atoms with Crippen LogP contribution in [0.3, 0.4) is 0 Å². The molecule has 0 saturated carbocycles. The Bertz CT molecular complexity index is 299. The molecule has 0 aliphatic carbocycles. The SMILES string of the molecule is CC(O)CN(Cc1ccccc1)CC(C)O.CO.[O]=[V]. The Kier molecular flexibility index (Phi) is 16.1. The maximum atomic E-state index is 9.39. The average Bonchev–Trinajstić information content (AvgIpc) is 2.43. The van der Waals surface area contributed by atoms with Crippen molar-refractivity contribution in [1.82, 2.24) is 4.90 Å². The number of aliphatic hydroxyl groups excluding tert-OH is 3. The van der Waals surface area contributed by atoms with Crippen LogP contribution < -0.4 is 0 Å². The fraction of sp³-hybridized carbons (Fsp3) is 0.571. The molecule has 115 valence electrons. The zero-order valence-corrected chi connectivity index (χ0v) is 13.7. The van der Waals surface area contributed by atoms with E-state index in [9.17, 15) is 10.2 Å². The Morgan fingerprint density at radius 1 is 1.00 bits per heavy atom. The fourth-order valence-corrected chi connectivity index (χ4v) is 1.79. The summed E-state index contributed by atoms with van der Waals surface area (Å²) in [4.78, 5) is 2.06. The molecule has 0 aromatic heterocycles. The van der Waals surface area contributed by atoms with E-state index in [4.69, 9.17) is 8.78 Å². The first kappa shape index (κ1) is 21.7. The van der Waals surface area contributed by atoms with E-state index < -0.39 is 0 Å². The molecular formula is C14H25NO4V. The molecule has 3 N–H and O–H groups in total. The average molecular weight is 322 g/mol. The van der Waals surface area contributed by atoms with E-state index >= 15 is 0 Å². The van der Waals surface area contributed by atoms with Crippen molar-refractivity contribution in [3.8, 4) is 0 Å². The van der Waals surface area contributed by atoms with E-state index in [-0.39, 0.29) is 12.2 Å². The van der Waals surface area contributed by atoms with Crippen LogP contribution in [0.4, 0.5) is 0 Å². The molecule has 2 atom stereocenters. The Morgan fingerprint density at radius 3 is 1.75 bits per heavy atom. The van der Waals surface area contributed by atoms with E-state index in [1.54, 1.807) is 13.8 Å². The van der Waals surface area contributed by atoms with Crippen LogP contribution in [0, 0.1) is 0 Å². The summed E-state index contributed by atoms with van der Waals surface area (Å²) < 4.78 is 8.19. The van der Waals surface area contributed by atoms with Gasteiger partial charge in [0.1, 0.15) is 0 Å². The molecule has 0 fully saturated rings. The van der Waals surface area contributed by atoms with Gasteiger partial charge in [-0.3, -0.25) is 4.90 Å². The van der Waals surface area contributed by atoms with Crippen LogP contribution in [-0.4, -0.2) is 52.6 Å². The molecule has 6 heteroatoms. The van der Waals surface area contributed by atoms with Gasteiger partial charge < -0.3 is 15.3 Å². The normalized spacial score (nSPS) is 12.5. The summed E-state index contributed by atoms with van der Waals surface area (Å²) >= 11 is 1.06. The van der Waals surface area contributed by atoms with Crippen LogP contribution >= 0.6 is 0 Å². The van der Waals surface area contributed by atoms with Crippen molar-refractivity contribution >= 4 is 0 Å². The zero-order valence-electron chi connectivity index (χ0n) is 12.3. The molecule has 0 amide bonds. The molecule has 0 spiro atoms. The molecule has 1 aromatic carbocycles. The monoisotopic (exact) mass is 322 g/mol. The molecule has 0 heterocycles. The fourth-order valence-electron chi connectivity index (χ4n) is 1.79.